The zero-order valence-electron chi connectivity index (χ0n) is 13.6. The minimum atomic E-state index is -0.991. The molecule has 3 rings (SSSR count). The smallest absolute Gasteiger partial charge is 0.309 e. The molecule has 7 nitrogen and oxygen atoms in total. The molecule has 0 aliphatic rings. The normalized spacial score (nSPS) is 10.7. The first-order valence-electron chi connectivity index (χ1n) is 7.41. The number of hydrogen-bond donors (Lipinski definition) is 1. The van der Waals surface area contributed by atoms with Crippen molar-refractivity contribution in [1.29, 1.82) is 0 Å². The maximum atomic E-state index is 11.1. The fourth-order valence-corrected chi connectivity index (χ4v) is 2.35. The summed E-state index contributed by atoms with van der Waals surface area (Å²) >= 11 is 5.90. The number of carboxylic acid groups (broad SMARTS) is 1. The number of halogens is 1. The van der Waals surface area contributed by atoms with Crippen molar-refractivity contribution in [3.63, 3.8) is 0 Å². The molecule has 0 spiro atoms. The number of benzene rings is 1. The zero-order chi connectivity index (χ0) is 18.0. The van der Waals surface area contributed by atoms with Gasteiger partial charge in [-0.1, -0.05) is 11.6 Å². The molecular formula is C17H15ClN4O3. The molecule has 0 aliphatic carbocycles. The van der Waals surface area contributed by atoms with Crippen LogP contribution in [0.2, 0.25) is 5.02 Å². The van der Waals surface area contributed by atoms with Gasteiger partial charge in [0.05, 0.1) is 17.7 Å². The number of carboxylic acids is 1. The lowest BCUT2D eigenvalue weighted by molar-refractivity contribution is -0.136. The van der Waals surface area contributed by atoms with Gasteiger partial charge in [0.15, 0.2) is 5.76 Å². The highest BCUT2D eigenvalue weighted by Crippen LogP contribution is 2.30. The lowest BCUT2D eigenvalue weighted by Crippen LogP contribution is -2.12. The number of hydrogen-bond acceptors (Lipinski definition) is 6. The van der Waals surface area contributed by atoms with Crippen LogP contribution in [0.25, 0.3) is 22.8 Å². The maximum Gasteiger partial charge on any atom is 0.309 e. The fraction of sp³-hybridized carbons (Fsp3) is 0.176. The molecule has 0 saturated carbocycles. The minimum Gasteiger partial charge on any atom is -0.481 e. The van der Waals surface area contributed by atoms with Crippen LogP contribution in [0.5, 0.6) is 0 Å². The predicted octanol–water partition coefficient (Wildman–Crippen LogP) is 3.15. The molecule has 3 aromatic rings. The highest BCUT2D eigenvalue weighted by molar-refractivity contribution is 6.30. The van der Waals surface area contributed by atoms with E-state index >= 15 is 0 Å². The van der Waals surface area contributed by atoms with Crippen molar-refractivity contribution in [3.8, 4) is 22.8 Å². The number of nitrogens with zero attached hydrogens (tertiary/aromatic N) is 4. The zero-order valence-corrected chi connectivity index (χ0v) is 14.4. The molecule has 25 heavy (non-hydrogen) atoms. The van der Waals surface area contributed by atoms with E-state index in [9.17, 15) is 4.79 Å². The van der Waals surface area contributed by atoms with Gasteiger partial charge in [0.25, 0.3) is 0 Å². The third-order valence-electron chi connectivity index (χ3n) is 3.41. The lowest BCUT2D eigenvalue weighted by Gasteiger charge is -2.08. The van der Waals surface area contributed by atoms with Crippen molar-refractivity contribution in [1.82, 2.24) is 15.0 Å². The lowest BCUT2D eigenvalue weighted by atomic mass is 10.1. The Morgan fingerprint density at radius 2 is 1.80 bits per heavy atom. The van der Waals surface area contributed by atoms with Crippen molar-refractivity contribution in [3.05, 3.63) is 47.4 Å². The molecule has 0 bridgehead atoms. The van der Waals surface area contributed by atoms with Crippen LogP contribution in [0.4, 0.5) is 5.95 Å². The summed E-state index contributed by atoms with van der Waals surface area (Å²) in [5, 5.41) is 9.71. The van der Waals surface area contributed by atoms with E-state index in [0.717, 1.165) is 0 Å². The number of aliphatic carboxylic acids is 1. The van der Waals surface area contributed by atoms with Crippen LogP contribution in [-0.4, -0.2) is 40.1 Å². The summed E-state index contributed by atoms with van der Waals surface area (Å²) in [4.78, 5) is 25.7. The van der Waals surface area contributed by atoms with Crippen LogP contribution >= 0.6 is 11.6 Å². The molecule has 2 aromatic heterocycles. The van der Waals surface area contributed by atoms with Crippen molar-refractivity contribution in [2.75, 3.05) is 19.0 Å². The van der Waals surface area contributed by atoms with Gasteiger partial charge in [-0.2, -0.15) is 0 Å². The second-order valence-corrected chi connectivity index (χ2v) is 5.97. The number of rotatable bonds is 5. The summed E-state index contributed by atoms with van der Waals surface area (Å²) in [6.45, 7) is 0. The maximum absolute atomic E-state index is 11.1. The standard InChI is InChI=1S/C17H15ClN4O3/c1-22(2)17-19-8-11(9-20-17)16-21-13(7-14(23)24)15(25-16)10-3-5-12(18)6-4-10/h3-6,8-9H,7H2,1-2H3,(H,23,24). The summed E-state index contributed by atoms with van der Waals surface area (Å²) in [6.07, 6.45) is 2.92. The molecule has 8 heteroatoms. The van der Waals surface area contributed by atoms with E-state index in [2.05, 4.69) is 15.0 Å². The van der Waals surface area contributed by atoms with Gasteiger partial charge in [-0.15, -0.1) is 0 Å². The number of carbonyl (C=O) groups is 1. The Morgan fingerprint density at radius 3 is 2.36 bits per heavy atom. The molecule has 0 radical (unpaired) electrons. The number of anilines is 1. The molecule has 1 N–H and O–H groups in total. The Balaban J connectivity index is 2.03. The third-order valence-corrected chi connectivity index (χ3v) is 3.66. The van der Waals surface area contributed by atoms with E-state index in [4.69, 9.17) is 21.1 Å². The van der Waals surface area contributed by atoms with Crippen LogP contribution in [0.15, 0.2) is 41.1 Å². The van der Waals surface area contributed by atoms with Gasteiger partial charge in [-0.25, -0.2) is 15.0 Å². The van der Waals surface area contributed by atoms with Crippen LogP contribution < -0.4 is 4.90 Å². The number of aromatic nitrogens is 3. The van der Waals surface area contributed by atoms with E-state index in [1.165, 1.54) is 0 Å². The first-order valence-corrected chi connectivity index (χ1v) is 7.79. The van der Waals surface area contributed by atoms with Gasteiger partial charge in [0.2, 0.25) is 11.8 Å². The van der Waals surface area contributed by atoms with E-state index in [-0.39, 0.29) is 12.3 Å². The molecule has 1 aromatic carbocycles. The molecule has 0 aliphatic heterocycles. The first kappa shape index (κ1) is 16.9. The summed E-state index contributed by atoms with van der Waals surface area (Å²) in [6, 6.07) is 6.92. The van der Waals surface area contributed by atoms with Crippen LogP contribution in [0, 0.1) is 0 Å². The van der Waals surface area contributed by atoms with Crippen LogP contribution in [0.3, 0.4) is 0 Å². The highest BCUT2D eigenvalue weighted by Gasteiger charge is 2.19. The Hall–Kier alpha value is -2.93. The van der Waals surface area contributed by atoms with E-state index in [1.54, 1.807) is 41.6 Å². The molecule has 0 fully saturated rings. The van der Waals surface area contributed by atoms with Gasteiger partial charge >= 0.3 is 5.97 Å². The van der Waals surface area contributed by atoms with Crippen LogP contribution in [-0.2, 0) is 11.2 Å². The average Bonchev–Trinajstić information content (AvgIpc) is 2.98. The molecule has 0 unspecified atom stereocenters. The van der Waals surface area contributed by atoms with Gasteiger partial charge < -0.3 is 14.4 Å². The van der Waals surface area contributed by atoms with Gasteiger partial charge in [-0.3, -0.25) is 4.79 Å². The van der Waals surface area contributed by atoms with Crippen molar-refractivity contribution < 1.29 is 14.3 Å². The molecule has 128 valence electrons. The quantitative estimate of drug-likeness (QED) is 0.748. The fourth-order valence-electron chi connectivity index (χ4n) is 2.23. The van der Waals surface area contributed by atoms with E-state index < -0.39 is 5.97 Å². The summed E-state index contributed by atoms with van der Waals surface area (Å²) in [5.41, 5.74) is 1.60. The van der Waals surface area contributed by atoms with Crippen molar-refractivity contribution >= 4 is 23.5 Å². The minimum absolute atomic E-state index is 0.252. The Bertz CT molecular complexity index is 889. The Labute approximate surface area is 148 Å². The second-order valence-electron chi connectivity index (χ2n) is 5.54. The number of oxazole rings is 1. The van der Waals surface area contributed by atoms with Crippen LogP contribution in [0.1, 0.15) is 5.69 Å². The van der Waals surface area contributed by atoms with Gasteiger partial charge in [0, 0.05) is 37.1 Å². The predicted molar refractivity (Wildman–Crippen MR) is 93.6 cm³/mol. The second kappa shape index (κ2) is 6.90. The SMILES string of the molecule is CN(C)c1ncc(-c2nc(CC(=O)O)c(-c3ccc(Cl)cc3)o2)cn1. The Morgan fingerprint density at radius 1 is 1.16 bits per heavy atom. The molecule has 0 amide bonds. The molecule has 2 heterocycles. The van der Waals surface area contributed by atoms with Gasteiger partial charge in [0.1, 0.15) is 0 Å². The Kier molecular flexibility index (Phi) is 4.67. The highest BCUT2D eigenvalue weighted by atomic mass is 35.5. The molecule has 0 atom stereocenters. The largest absolute Gasteiger partial charge is 0.481 e. The topological polar surface area (TPSA) is 92.4 Å². The monoisotopic (exact) mass is 358 g/mol. The summed E-state index contributed by atoms with van der Waals surface area (Å²) in [7, 11) is 3.67. The van der Waals surface area contributed by atoms with Crippen molar-refractivity contribution in [2.24, 2.45) is 0 Å². The van der Waals surface area contributed by atoms with Gasteiger partial charge in [-0.05, 0) is 24.3 Å². The third kappa shape index (κ3) is 3.77. The summed E-state index contributed by atoms with van der Waals surface area (Å²) < 4.78 is 5.82. The first-order chi connectivity index (χ1) is 11.9. The van der Waals surface area contributed by atoms with Crippen molar-refractivity contribution in [2.45, 2.75) is 6.42 Å². The average molecular weight is 359 g/mol. The molecular weight excluding hydrogens is 344 g/mol. The molecule has 0 saturated heterocycles. The van der Waals surface area contributed by atoms with E-state index in [0.29, 0.717) is 33.6 Å². The summed E-state index contributed by atoms with van der Waals surface area (Å²) in [5.74, 6) is 0.227. The van der Waals surface area contributed by atoms with E-state index in [1.807, 2.05) is 14.1 Å².